The number of aryl methyl sites for hydroxylation is 2. The number of nitrogens with one attached hydrogen (secondary N) is 2. The van der Waals surface area contributed by atoms with E-state index in [0.717, 1.165) is 34.8 Å². The number of benzene rings is 2. The number of nitrogens with zero attached hydrogens (tertiary/aromatic N) is 1. The van der Waals surface area contributed by atoms with Gasteiger partial charge in [-0.1, -0.05) is 17.7 Å². The summed E-state index contributed by atoms with van der Waals surface area (Å²) in [6.07, 6.45) is 0. The van der Waals surface area contributed by atoms with Gasteiger partial charge in [-0.3, -0.25) is 20.4 Å². The fourth-order valence-electron chi connectivity index (χ4n) is 2.65. The lowest BCUT2D eigenvalue weighted by atomic mass is 10.2. The highest BCUT2D eigenvalue weighted by Gasteiger charge is 2.10. The average Bonchev–Trinajstić information content (AvgIpc) is 2.68. The molecule has 2 amide bonds. The molecule has 0 radical (unpaired) electrons. The summed E-state index contributed by atoms with van der Waals surface area (Å²) in [6, 6.07) is 13.5. The van der Waals surface area contributed by atoms with Crippen LogP contribution in [0.2, 0.25) is 0 Å². The molecule has 5 nitrogen and oxygen atoms in total. The van der Waals surface area contributed by atoms with Crippen LogP contribution in [0.5, 0.6) is 0 Å². The molecular weight excluding hydrogens is 358 g/mol. The van der Waals surface area contributed by atoms with Crippen molar-refractivity contribution in [1.82, 2.24) is 10.9 Å². The molecule has 0 aliphatic carbocycles. The van der Waals surface area contributed by atoms with E-state index in [1.807, 2.05) is 38.1 Å². The maximum absolute atomic E-state index is 12.2. The Morgan fingerprint density at radius 2 is 1.63 bits per heavy atom. The van der Waals surface area contributed by atoms with Gasteiger partial charge in [-0.2, -0.15) is 0 Å². The number of hydrogen-bond acceptors (Lipinski definition) is 4. The van der Waals surface area contributed by atoms with Gasteiger partial charge < -0.3 is 4.90 Å². The minimum absolute atomic E-state index is 0.242. The van der Waals surface area contributed by atoms with Crippen LogP contribution in [0, 0.1) is 13.8 Å². The molecular formula is C21H27N3O2S. The quantitative estimate of drug-likeness (QED) is 0.563. The molecule has 144 valence electrons. The number of hydrogen-bond donors (Lipinski definition) is 2. The van der Waals surface area contributed by atoms with Crippen LogP contribution < -0.4 is 15.8 Å². The predicted molar refractivity (Wildman–Crippen MR) is 112 cm³/mol. The SMILES string of the molecule is CCN(CC)c1ccc(C(=O)NNC(=O)CSc2cc(C)ccc2C)cc1. The van der Waals surface area contributed by atoms with Crippen LogP contribution in [0.3, 0.4) is 0 Å². The van der Waals surface area contributed by atoms with Gasteiger partial charge in [-0.05, 0) is 63.6 Å². The molecule has 0 aliphatic rings. The van der Waals surface area contributed by atoms with Crippen molar-refractivity contribution in [1.29, 1.82) is 0 Å². The molecule has 0 bridgehead atoms. The molecule has 0 saturated heterocycles. The molecule has 0 unspecified atom stereocenters. The number of rotatable bonds is 7. The first kappa shape index (κ1) is 20.8. The zero-order valence-corrected chi connectivity index (χ0v) is 17.2. The van der Waals surface area contributed by atoms with Gasteiger partial charge in [0, 0.05) is 29.2 Å². The standard InChI is InChI=1S/C21H27N3O2S/c1-5-24(6-2)18-11-9-17(10-12-18)21(26)23-22-20(25)14-27-19-13-15(3)7-8-16(19)4/h7-13H,5-6,14H2,1-4H3,(H,22,25)(H,23,26). The highest BCUT2D eigenvalue weighted by molar-refractivity contribution is 8.00. The second kappa shape index (κ2) is 10.0. The Bertz CT molecular complexity index is 787. The fourth-order valence-corrected chi connectivity index (χ4v) is 3.58. The van der Waals surface area contributed by atoms with Gasteiger partial charge in [0.05, 0.1) is 5.75 Å². The number of carbonyl (C=O) groups is 2. The van der Waals surface area contributed by atoms with E-state index < -0.39 is 0 Å². The Morgan fingerprint density at radius 3 is 2.26 bits per heavy atom. The third kappa shape index (κ3) is 6.03. The van der Waals surface area contributed by atoms with Gasteiger partial charge in [0.15, 0.2) is 0 Å². The van der Waals surface area contributed by atoms with Crippen molar-refractivity contribution < 1.29 is 9.59 Å². The summed E-state index contributed by atoms with van der Waals surface area (Å²) in [5, 5.41) is 0. The normalized spacial score (nSPS) is 10.4. The summed E-state index contributed by atoms with van der Waals surface area (Å²) < 4.78 is 0. The van der Waals surface area contributed by atoms with Gasteiger partial charge in [-0.15, -0.1) is 11.8 Å². The molecule has 2 N–H and O–H groups in total. The molecule has 2 rings (SSSR count). The van der Waals surface area contributed by atoms with Crippen LogP contribution in [0.4, 0.5) is 5.69 Å². The van der Waals surface area contributed by atoms with Gasteiger partial charge >= 0.3 is 0 Å². The monoisotopic (exact) mass is 385 g/mol. The number of anilines is 1. The Morgan fingerprint density at radius 1 is 0.963 bits per heavy atom. The summed E-state index contributed by atoms with van der Waals surface area (Å²) in [4.78, 5) is 27.5. The molecule has 0 saturated carbocycles. The third-order valence-corrected chi connectivity index (χ3v) is 5.43. The zero-order chi connectivity index (χ0) is 19.8. The minimum atomic E-state index is -0.328. The largest absolute Gasteiger partial charge is 0.372 e. The van der Waals surface area contributed by atoms with Gasteiger partial charge in [0.25, 0.3) is 5.91 Å². The molecule has 2 aromatic carbocycles. The Labute approximate surface area is 165 Å². The van der Waals surface area contributed by atoms with Crippen molar-refractivity contribution in [2.75, 3.05) is 23.7 Å². The van der Waals surface area contributed by atoms with Crippen LogP contribution in [-0.4, -0.2) is 30.7 Å². The van der Waals surface area contributed by atoms with Gasteiger partial charge in [0.2, 0.25) is 5.91 Å². The first-order valence-electron chi connectivity index (χ1n) is 9.08. The van der Waals surface area contributed by atoms with E-state index in [2.05, 4.69) is 35.7 Å². The molecule has 0 fully saturated rings. The molecule has 0 aliphatic heterocycles. The smallest absolute Gasteiger partial charge is 0.269 e. The highest BCUT2D eigenvalue weighted by atomic mass is 32.2. The molecule has 0 spiro atoms. The van der Waals surface area contributed by atoms with Crippen LogP contribution in [0.1, 0.15) is 35.3 Å². The number of hydrazine groups is 1. The van der Waals surface area contributed by atoms with Crippen molar-refractivity contribution in [2.45, 2.75) is 32.6 Å². The second-order valence-electron chi connectivity index (χ2n) is 6.28. The van der Waals surface area contributed by atoms with Crippen molar-refractivity contribution in [3.8, 4) is 0 Å². The van der Waals surface area contributed by atoms with Crippen molar-refractivity contribution in [3.63, 3.8) is 0 Å². The van der Waals surface area contributed by atoms with E-state index >= 15 is 0 Å². The topological polar surface area (TPSA) is 61.4 Å². The fraction of sp³-hybridized carbons (Fsp3) is 0.333. The van der Waals surface area contributed by atoms with Crippen molar-refractivity contribution >= 4 is 29.3 Å². The third-order valence-electron chi connectivity index (χ3n) is 4.28. The second-order valence-corrected chi connectivity index (χ2v) is 7.30. The number of amides is 2. The van der Waals surface area contributed by atoms with Crippen molar-refractivity contribution in [2.24, 2.45) is 0 Å². The van der Waals surface area contributed by atoms with Crippen LogP contribution in [0.15, 0.2) is 47.4 Å². The molecule has 0 atom stereocenters. The van der Waals surface area contributed by atoms with E-state index in [1.165, 1.54) is 11.8 Å². The summed E-state index contributed by atoms with van der Waals surface area (Å²) in [6.45, 7) is 10.1. The lowest BCUT2D eigenvalue weighted by molar-refractivity contribution is -0.119. The summed E-state index contributed by atoms with van der Waals surface area (Å²) in [5.41, 5.74) is 8.82. The summed E-state index contributed by atoms with van der Waals surface area (Å²) in [7, 11) is 0. The number of carbonyl (C=O) groups excluding carboxylic acids is 2. The van der Waals surface area contributed by atoms with Crippen LogP contribution in [0.25, 0.3) is 0 Å². The van der Waals surface area contributed by atoms with Crippen LogP contribution >= 0.6 is 11.8 Å². The predicted octanol–water partition coefficient (Wildman–Crippen LogP) is 3.70. The minimum Gasteiger partial charge on any atom is -0.372 e. The van der Waals surface area contributed by atoms with E-state index in [0.29, 0.717) is 5.56 Å². The maximum Gasteiger partial charge on any atom is 0.269 e. The maximum atomic E-state index is 12.2. The van der Waals surface area contributed by atoms with Gasteiger partial charge in [-0.25, -0.2) is 0 Å². The van der Waals surface area contributed by atoms with Crippen molar-refractivity contribution in [3.05, 3.63) is 59.2 Å². The molecule has 27 heavy (non-hydrogen) atoms. The van der Waals surface area contributed by atoms with Crippen LogP contribution in [-0.2, 0) is 4.79 Å². The summed E-state index contributed by atoms with van der Waals surface area (Å²) in [5.74, 6) is -0.328. The highest BCUT2D eigenvalue weighted by Crippen LogP contribution is 2.23. The van der Waals surface area contributed by atoms with E-state index in [9.17, 15) is 9.59 Å². The molecule has 2 aromatic rings. The lowest BCUT2D eigenvalue weighted by Gasteiger charge is -2.21. The van der Waals surface area contributed by atoms with Gasteiger partial charge in [0.1, 0.15) is 0 Å². The lowest BCUT2D eigenvalue weighted by Crippen LogP contribution is -2.42. The summed E-state index contributed by atoms with van der Waals surface area (Å²) >= 11 is 1.46. The molecule has 0 heterocycles. The molecule has 0 aromatic heterocycles. The Hall–Kier alpha value is -2.47. The van der Waals surface area contributed by atoms with E-state index in [4.69, 9.17) is 0 Å². The van der Waals surface area contributed by atoms with E-state index in [1.54, 1.807) is 12.1 Å². The Kier molecular flexibility index (Phi) is 7.73. The van der Waals surface area contributed by atoms with E-state index in [-0.39, 0.29) is 17.6 Å². The zero-order valence-electron chi connectivity index (χ0n) is 16.3. The number of thioether (sulfide) groups is 1. The Balaban J connectivity index is 1.84. The molecule has 6 heteroatoms. The average molecular weight is 386 g/mol. The first-order chi connectivity index (χ1) is 12.9. The first-order valence-corrected chi connectivity index (χ1v) is 10.1.